The number of carbonyl (C=O) groups is 1. The Morgan fingerprint density at radius 1 is 1.32 bits per heavy atom. The summed E-state index contributed by atoms with van der Waals surface area (Å²) in [7, 11) is 0. The van der Waals surface area contributed by atoms with Crippen molar-refractivity contribution in [1.29, 1.82) is 0 Å². The van der Waals surface area contributed by atoms with Gasteiger partial charge in [-0.15, -0.1) is 0 Å². The van der Waals surface area contributed by atoms with Crippen LogP contribution in [-0.2, 0) is 6.54 Å². The van der Waals surface area contributed by atoms with E-state index < -0.39 is 0 Å². The van der Waals surface area contributed by atoms with Gasteiger partial charge in [-0.25, -0.2) is 5.43 Å². The van der Waals surface area contributed by atoms with Gasteiger partial charge in [-0.1, -0.05) is 12.1 Å². The number of hydrazone groups is 1. The van der Waals surface area contributed by atoms with E-state index in [0.29, 0.717) is 17.9 Å². The lowest BCUT2D eigenvalue weighted by Crippen LogP contribution is -2.17. The van der Waals surface area contributed by atoms with Gasteiger partial charge < -0.3 is 4.42 Å². The molecule has 0 bridgehead atoms. The molecule has 6 nitrogen and oxygen atoms in total. The zero-order chi connectivity index (χ0) is 15.2. The van der Waals surface area contributed by atoms with E-state index in [-0.39, 0.29) is 5.91 Å². The molecular formula is C16H14N4O2. The second-order valence-corrected chi connectivity index (χ2v) is 4.62. The molecule has 0 unspecified atom stereocenters. The molecule has 1 N–H and O–H groups in total. The van der Waals surface area contributed by atoms with Gasteiger partial charge in [-0.2, -0.15) is 10.2 Å². The van der Waals surface area contributed by atoms with Crippen molar-refractivity contribution in [3.63, 3.8) is 0 Å². The zero-order valence-corrected chi connectivity index (χ0v) is 11.7. The summed E-state index contributed by atoms with van der Waals surface area (Å²) in [5.41, 5.74) is 4.01. The SMILES string of the molecule is O=C(N/N=C\c1ccco1)c1cccc(Cn2cccn2)c1. The molecule has 3 aromatic rings. The van der Waals surface area contributed by atoms with Crippen LogP contribution in [0.1, 0.15) is 21.7 Å². The molecule has 0 aliphatic rings. The molecule has 0 spiro atoms. The molecule has 0 fully saturated rings. The Morgan fingerprint density at radius 3 is 3.05 bits per heavy atom. The third-order valence-corrected chi connectivity index (χ3v) is 2.99. The Hall–Kier alpha value is -3.15. The van der Waals surface area contributed by atoms with Crippen LogP contribution >= 0.6 is 0 Å². The van der Waals surface area contributed by atoms with Crippen molar-refractivity contribution in [2.75, 3.05) is 0 Å². The van der Waals surface area contributed by atoms with Crippen LogP contribution in [0.2, 0.25) is 0 Å². The number of nitrogens with one attached hydrogen (secondary N) is 1. The van der Waals surface area contributed by atoms with Gasteiger partial charge in [0, 0.05) is 18.0 Å². The van der Waals surface area contributed by atoms with E-state index >= 15 is 0 Å². The fourth-order valence-electron chi connectivity index (χ4n) is 1.98. The van der Waals surface area contributed by atoms with E-state index in [2.05, 4.69) is 15.6 Å². The number of rotatable bonds is 5. The summed E-state index contributed by atoms with van der Waals surface area (Å²) in [4.78, 5) is 12.0. The van der Waals surface area contributed by atoms with Crippen molar-refractivity contribution in [2.24, 2.45) is 5.10 Å². The highest BCUT2D eigenvalue weighted by Crippen LogP contribution is 2.07. The average molecular weight is 294 g/mol. The van der Waals surface area contributed by atoms with Gasteiger partial charge in [-0.05, 0) is 35.9 Å². The van der Waals surface area contributed by atoms with Gasteiger partial charge >= 0.3 is 0 Å². The van der Waals surface area contributed by atoms with Gasteiger partial charge in [0.2, 0.25) is 0 Å². The van der Waals surface area contributed by atoms with Gasteiger partial charge in [0.15, 0.2) is 0 Å². The molecule has 0 radical (unpaired) electrons. The lowest BCUT2D eigenvalue weighted by atomic mass is 10.1. The minimum Gasteiger partial charge on any atom is -0.463 e. The van der Waals surface area contributed by atoms with E-state index in [1.54, 1.807) is 35.3 Å². The van der Waals surface area contributed by atoms with Crippen LogP contribution in [-0.4, -0.2) is 21.9 Å². The summed E-state index contributed by atoms with van der Waals surface area (Å²) in [6.07, 6.45) is 6.59. The lowest BCUT2D eigenvalue weighted by molar-refractivity contribution is 0.0955. The van der Waals surface area contributed by atoms with Crippen LogP contribution in [0.4, 0.5) is 0 Å². The predicted molar refractivity (Wildman–Crippen MR) is 81.5 cm³/mol. The van der Waals surface area contributed by atoms with Gasteiger partial charge in [-0.3, -0.25) is 9.48 Å². The number of amides is 1. The monoisotopic (exact) mass is 294 g/mol. The van der Waals surface area contributed by atoms with Crippen LogP contribution in [0, 0.1) is 0 Å². The summed E-state index contributed by atoms with van der Waals surface area (Å²) in [5.74, 6) is 0.304. The molecule has 6 heteroatoms. The van der Waals surface area contributed by atoms with Crippen LogP contribution < -0.4 is 5.43 Å². The number of nitrogens with zero attached hydrogens (tertiary/aromatic N) is 3. The lowest BCUT2D eigenvalue weighted by Gasteiger charge is -2.04. The molecule has 3 rings (SSSR count). The average Bonchev–Trinajstić information content (AvgIpc) is 3.21. The van der Waals surface area contributed by atoms with E-state index in [9.17, 15) is 4.79 Å². The Balaban J connectivity index is 1.65. The maximum Gasteiger partial charge on any atom is 0.271 e. The molecule has 1 amide bonds. The largest absolute Gasteiger partial charge is 0.463 e. The minimum absolute atomic E-state index is 0.273. The Bertz CT molecular complexity index is 761. The fraction of sp³-hybridized carbons (Fsp3) is 0.0625. The number of furan rings is 1. The van der Waals surface area contributed by atoms with Gasteiger partial charge in [0.25, 0.3) is 5.91 Å². The Morgan fingerprint density at radius 2 is 2.27 bits per heavy atom. The number of aromatic nitrogens is 2. The van der Waals surface area contributed by atoms with E-state index in [0.717, 1.165) is 5.56 Å². The molecule has 2 heterocycles. The fourth-order valence-corrected chi connectivity index (χ4v) is 1.98. The highest BCUT2D eigenvalue weighted by molar-refractivity contribution is 5.94. The molecular weight excluding hydrogens is 280 g/mol. The van der Waals surface area contributed by atoms with Crippen LogP contribution in [0.15, 0.2) is 70.6 Å². The maximum atomic E-state index is 12.0. The van der Waals surface area contributed by atoms with Crippen molar-refractivity contribution in [3.05, 3.63) is 78.0 Å². The summed E-state index contributed by atoms with van der Waals surface area (Å²) < 4.78 is 6.89. The first-order valence-corrected chi connectivity index (χ1v) is 6.74. The van der Waals surface area contributed by atoms with Crippen molar-refractivity contribution in [1.82, 2.24) is 15.2 Å². The van der Waals surface area contributed by atoms with Crippen LogP contribution in [0.25, 0.3) is 0 Å². The summed E-state index contributed by atoms with van der Waals surface area (Å²) in [5, 5.41) is 8.01. The summed E-state index contributed by atoms with van der Waals surface area (Å²) >= 11 is 0. The van der Waals surface area contributed by atoms with E-state index in [4.69, 9.17) is 4.42 Å². The zero-order valence-electron chi connectivity index (χ0n) is 11.7. The standard InChI is InChI=1S/C16H14N4O2/c21-16(19-17-11-15-6-2-9-22-15)14-5-1-4-13(10-14)12-20-8-3-7-18-20/h1-11H,12H2,(H,19,21)/b17-11-. The first kappa shape index (κ1) is 13.8. The first-order chi connectivity index (χ1) is 10.8. The van der Waals surface area contributed by atoms with E-state index in [1.807, 2.05) is 30.5 Å². The maximum absolute atomic E-state index is 12.0. The first-order valence-electron chi connectivity index (χ1n) is 6.74. The Kier molecular flexibility index (Phi) is 4.10. The Labute approximate surface area is 127 Å². The second kappa shape index (κ2) is 6.53. The van der Waals surface area contributed by atoms with Gasteiger partial charge in [0.05, 0.1) is 19.0 Å². The number of carbonyl (C=O) groups excluding carboxylic acids is 1. The number of hydrogen-bond acceptors (Lipinski definition) is 4. The molecule has 0 aliphatic heterocycles. The van der Waals surface area contributed by atoms with Crippen molar-refractivity contribution < 1.29 is 9.21 Å². The summed E-state index contributed by atoms with van der Waals surface area (Å²) in [6.45, 7) is 0.615. The molecule has 0 saturated heterocycles. The number of hydrogen-bond donors (Lipinski definition) is 1. The minimum atomic E-state index is -0.273. The molecule has 2 aromatic heterocycles. The van der Waals surface area contributed by atoms with Gasteiger partial charge in [0.1, 0.15) is 5.76 Å². The van der Waals surface area contributed by atoms with Crippen LogP contribution in [0.5, 0.6) is 0 Å². The quantitative estimate of drug-likeness (QED) is 0.579. The number of benzene rings is 1. The molecule has 0 atom stereocenters. The molecule has 22 heavy (non-hydrogen) atoms. The molecule has 0 saturated carbocycles. The third-order valence-electron chi connectivity index (χ3n) is 2.99. The topological polar surface area (TPSA) is 72.4 Å². The molecule has 1 aromatic carbocycles. The normalized spacial score (nSPS) is 10.9. The van der Waals surface area contributed by atoms with Crippen molar-refractivity contribution >= 4 is 12.1 Å². The molecule has 0 aliphatic carbocycles. The van der Waals surface area contributed by atoms with Crippen LogP contribution in [0.3, 0.4) is 0 Å². The van der Waals surface area contributed by atoms with E-state index in [1.165, 1.54) is 6.21 Å². The van der Waals surface area contributed by atoms with Crippen molar-refractivity contribution in [3.8, 4) is 0 Å². The highest BCUT2D eigenvalue weighted by Gasteiger charge is 2.05. The second-order valence-electron chi connectivity index (χ2n) is 4.62. The molecule has 110 valence electrons. The smallest absolute Gasteiger partial charge is 0.271 e. The predicted octanol–water partition coefficient (Wildman–Crippen LogP) is 2.29. The van der Waals surface area contributed by atoms with Crippen molar-refractivity contribution in [2.45, 2.75) is 6.54 Å². The third kappa shape index (κ3) is 3.49. The summed E-state index contributed by atoms with van der Waals surface area (Å²) in [6, 6.07) is 12.7. The highest BCUT2D eigenvalue weighted by atomic mass is 16.3.